The van der Waals surface area contributed by atoms with Gasteiger partial charge in [-0.1, -0.05) is 12.1 Å². The lowest BCUT2D eigenvalue weighted by Crippen LogP contribution is -2.23. The minimum atomic E-state index is 0.165. The Bertz CT molecular complexity index is 726. The van der Waals surface area contributed by atoms with Gasteiger partial charge in [0, 0.05) is 5.92 Å². The molecule has 2 aromatic rings. The van der Waals surface area contributed by atoms with Gasteiger partial charge < -0.3 is 24.1 Å². The number of methoxy groups -OCH3 is 3. The Hall–Kier alpha value is -2.56. The average molecular weight is 330 g/mol. The smallest absolute Gasteiger partial charge is 0.203 e. The molecule has 128 valence electrons. The Balaban J connectivity index is 1.77. The highest BCUT2D eigenvalue weighted by Gasteiger charge is 2.25. The van der Waals surface area contributed by atoms with E-state index in [1.165, 1.54) is 0 Å². The molecular formula is C19H22O5. The molecule has 1 aliphatic rings. The fourth-order valence-electron chi connectivity index (χ4n) is 3.16. The van der Waals surface area contributed by atoms with E-state index >= 15 is 0 Å². The fraction of sp³-hybridized carbons (Fsp3) is 0.368. The van der Waals surface area contributed by atoms with Crippen LogP contribution in [0, 0.1) is 5.92 Å². The number of benzene rings is 2. The monoisotopic (exact) mass is 330 g/mol. The van der Waals surface area contributed by atoms with Crippen molar-refractivity contribution >= 4 is 0 Å². The van der Waals surface area contributed by atoms with E-state index in [4.69, 9.17) is 18.9 Å². The molecule has 5 heteroatoms. The van der Waals surface area contributed by atoms with Crippen LogP contribution in [-0.2, 0) is 12.8 Å². The molecule has 0 fully saturated rings. The zero-order valence-electron chi connectivity index (χ0n) is 14.2. The number of aromatic hydroxyl groups is 1. The van der Waals surface area contributed by atoms with Crippen LogP contribution in [0.25, 0.3) is 0 Å². The van der Waals surface area contributed by atoms with Crippen molar-refractivity contribution in [3.63, 3.8) is 0 Å². The first kappa shape index (κ1) is 16.3. The summed E-state index contributed by atoms with van der Waals surface area (Å²) in [5.74, 6) is 3.08. The van der Waals surface area contributed by atoms with E-state index in [2.05, 4.69) is 0 Å². The van der Waals surface area contributed by atoms with Crippen LogP contribution in [0.1, 0.15) is 11.1 Å². The highest BCUT2D eigenvalue weighted by atomic mass is 16.5. The Labute approximate surface area is 141 Å². The summed E-state index contributed by atoms with van der Waals surface area (Å²) in [6, 6.07) is 9.44. The summed E-state index contributed by atoms with van der Waals surface area (Å²) in [7, 11) is 4.78. The highest BCUT2D eigenvalue weighted by Crippen LogP contribution is 2.43. The number of hydrogen-bond donors (Lipinski definition) is 1. The molecule has 0 saturated heterocycles. The zero-order chi connectivity index (χ0) is 17.1. The van der Waals surface area contributed by atoms with Gasteiger partial charge in [-0.2, -0.15) is 0 Å². The van der Waals surface area contributed by atoms with Crippen molar-refractivity contribution in [1.82, 2.24) is 0 Å². The van der Waals surface area contributed by atoms with Gasteiger partial charge in [0.15, 0.2) is 23.0 Å². The normalized spacial score (nSPS) is 16.0. The summed E-state index contributed by atoms with van der Waals surface area (Å²) in [5.41, 5.74) is 2.17. The van der Waals surface area contributed by atoms with Crippen LogP contribution in [0.4, 0.5) is 0 Å². The van der Waals surface area contributed by atoms with Crippen molar-refractivity contribution in [2.75, 3.05) is 27.9 Å². The zero-order valence-corrected chi connectivity index (χ0v) is 14.2. The molecule has 2 aromatic carbocycles. The SMILES string of the molecule is COc1ccc(CC2COc3c(ccc(OC)c3OC)C2)cc1O. The molecule has 0 spiro atoms. The molecule has 1 N–H and O–H groups in total. The Morgan fingerprint density at radius 1 is 1.04 bits per heavy atom. The summed E-state index contributed by atoms with van der Waals surface area (Å²) in [4.78, 5) is 0. The molecule has 0 bridgehead atoms. The lowest BCUT2D eigenvalue weighted by atomic mass is 9.90. The molecule has 3 rings (SSSR count). The van der Waals surface area contributed by atoms with E-state index in [9.17, 15) is 5.11 Å². The molecule has 0 aliphatic carbocycles. The topological polar surface area (TPSA) is 57.2 Å². The maximum absolute atomic E-state index is 9.92. The van der Waals surface area contributed by atoms with Gasteiger partial charge in [0.2, 0.25) is 5.75 Å². The first-order valence-electron chi connectivity index (χ1n) is 7.88. The fourth-order valence-corrected chi connectivity index (χ4v) is 3.16. The number of phenolic OH excluding ortho intramolecular Hbond substituents is 1. The second-order valence-electron chi connectivity index (χ2n) is 5.88. The van der Waals surface area contributed by atoms with Crippen LogP contribution in [-0.4, -0.2) is 33.0 Å². The Morgan fingerprint density at radius 3 is 2.46 bits per heavy atom. The van der Waals surface area contributed by atoms with Crippen molar-refractivity contribution in [1.29, 1.82) is 0 Å². The lowest BCUT2D eigenvalue weighted by molar-refractivity contribution is 0.208. The van der Waals surface area contributed by atoms with Crippen molar-refractivity contribution in [2.24, 2.45) is 5.92 Å². The quantitative estimate of drug-likeness (QED) is 0.912. The van der Waals surface area contributed by atoms with Crippen LogP contribution >= 0.6 is 0 Å². The third-order valence-corrected chi connectivity index (χ3v) is 4.32. The minimum absolute atomic E-state index is 0.165. The largest absolute Gasteiger partial charge is 0.504 e. The molecule has 0 aromatic heterocycles. The first-order valence-corrected chi connectivity index (χ1v) is 7.88. The van der Waals surface area contributed by atoms with Crippen molar-refractivity contribution < 1.29 is 24.1 Å². The molecule has 0 radical (unpaired) electrons. The van der Waals surface area contributed by atoms with Crippen LogP contribution < -0.4 is 18.9 Å². The number of phenols is 1. The first-order chi connectivity index (χ1) is 11.7. The van der Waals surface area contributed by atoms with E-state index in [0.717, 1.165) is 29.7 Å². The van der Waals surface area contributed by atoms with Gasteiger partial charge in [-0.25, -0.2) is 0 Å². The second-order valence-corrected chi connectivity index (χ2v) is 5.88. The second kappa shape index (κ2) is 6.91. The van der Waals surface area contributed by atoms with Gasteiger partial charge in [0.1, 0.15) is 0 Å². The van der Waals surface area contributed by atoms with Gasteiger partial charge in [0.25, 0.3) is 0 Å². The van der Waals surface area contributed by atoms with Gasteiger partial charge >= 0.3 is 0 Å². The Kier molecular flexibility index (Phi) is 4.69. The standard InChI is InChI=1S/C19H22O5/c1-21-16-6-4-12(10-15(16)20)8-13-9-14-5-7-17(22-2)19(23-3)18(14)24-11-13/h4-7,10,13,20H,8-9,11H2,1-3H3. The molecule has 24 heavy (non-hydrogen) atoms. The molecule has 1 unspecified atom stereocenters. The molecule has 1 aliphatic heterocycles. The molecule has 1 heterocycles. The van der Waals surface area contributed by atoms with Crippen LogP contribution in [0.2, 0.25) is 0 Å². The molecular weight excluding hydrogens is 308 g/mol. The third-order valence-electron chi connectivity index (χ3n) is 4.32. The minimum Gasteiger partial charge on any atom is -0.504 e. The number of fused-ring (bicyclic) bond motifs is 1. The molecule has 0 saturated carbocycles. The third kappa shape index (κ3) is 3.07. The van der Waals surface area contributed by atoms with Crippen LogP contribution in [0.3, 0.4) is 0 Å². The van der Waals surface area contributed by atoms with E-state index in [0.29, 0.717) is 29.8 Å². The number of ether oxygens (including phenoxy) is 4. The van der Waals surface area contributed by atoms with E-state index in [1.807, 2.05) is 18.2 Å². The molecule has 1 atom stereocenters. The predicted octanol–water partition coefficient (Wildman–Crippen LogP) is 3.21. The average Bonchev–Trinajstić information content (AvgIpc) is 2.60. The van der Waals surface area contributed by atoms with E-state index in [1.54, 1.807) is 33.5 Å². The Morgan fingerprint density at radius 2 is 1.79 bits per heavy atom. The van der Waals surface area contributed by atoms with E-state index < -0.39 is 0 Å². The summed E-state index contributed by atoms with van der Waals surface area (Å²) >= 11 is 0. The predicted molar refractivity (Wildman–Crippen MR) is 90.6 cm³/mol. The maximum atomic E-state index is 9.92. The highest BCUT2D eigenvalue weighted by molar-refractivity contribution is 5.56. The van der Waals surface area contributed by atoms with Gasteiger partial charge in [-0.15, -0.1) is 0 Å². The van der Waals surface area contributed by atoms with E-state index in [-0.39, 0.29) is 5.75 Å². The van der Waals surface area contributed by atoms with Crippen molar-refractivity contribution in [3.05, 3.63) is 41.5 Å². The van der Waals surface area contributed by atoms with Crippen LogP contribution in [0.5, 0.6) is 28.7 Å². The lowest BCUT2D eigenvalue weighted by Gasteiger charge is -2.27. The number of rotatable bonds is 5. The molecule has 5 nitrogen and oxygen atoms in total. The van der Waals surface area contributed by atoms with Crippen molar-refractivity contribution in [3.8, 4) is 28.7 Å². The maximum Gasteiger partial charge on any atom is 0.203 e. The number of hydrogen-bond acceptors (Lipinski definition) is 5. The van der Waals surface area contributed by atoms with Crippen LogP contribution in [0.15, 0.2) is 30.3 Å². The van der Waals surface area contributed by atoms with Crippen molar-refractivity contribution in [2.45, 2.75) is 12.8 Å². The summed E-state index contributed by atoms with van der Waals surface area (Å²) in [5, 5.41) is 9.92. The van der Waals surface area contributed by atoms with Gasteiger partial charge in [-0.05, 0) is 42.2 Å². The molecule has 0 amide bonds. The van der Waals surface area contributed by atoms with Gasteiger partial charge in [0.05, 0.1) is 27.9 Å². The summed E-state index contributed by atoms with van der Waals surface area (Å²) in [6.45, 7) is 0.601. The van der Waals surface area contributed by atoms with Gasteiger partial charge in [-0.3, -0.25) is 0 Å². The summed E-state index contributed by atoms with van der Waals surface area (Å²) < 4.78 is 21.8. The summed E-state index contributed by atoms with van der Waals surface area (Å²) in [6.07, 6.45) is 1.72.